The average molecular weight is 322 g/mol. The minimum Gasteiger partial charge on any atom is -0.341 e. The molecule has 1 amide bonds. The number of thiophene rings is 1. The molecular weight excluding hydrogens is 304 g/mol. The van der Waals surface area contributed by atoms with E-state index in [4.69, 9.17) is 0 Å². The van der Waals surface area contributed by atoms with Crippen molar-refractivity contribution in [3.8, 4) is 0 Å². The summed E-state index contributed by atoms with van der Waals surface area (Å²) in [5, 5.41) is 3.16. The van der Waals surface area contributed by atoms with Crippen molar-refractivity contribution in [3.63, 3.8) is 0 Å². The number of benzene rings is 1. The Balaban J connectivity index is 1.93. The van der Waals surface area contributed by atoms with Gasteiger partial charge < -0.3 is 5.32 Å². The zero-order valence-electron chi connectivity index (χ0n) is 13.1. The summed E-state index contributed by atoms with van der Waals surface area (Å²) >= 11 is 1.65. The van der Waals surface area contributed by atoms with E-state index in [2.05, 4.69) is 10.3 Å². The molecule has 2 aromatic heterocycles. The van der Waals surface area contributed by atoms with Crippen LogP contribution in [0.4, 0.5) is 0 Å². The van der Waals surface area contributed by atoms with Crippen molar-refractivity contribution >= 4 is 17.2 Å². The molecule has 0 aliphatic rings. The smallest absolute Gasteiger partial charge is 0.253 e. The molecule has 0 aliphatic heterocycles. The van der Waals surface area contributed by atoms with Gasteiger partial charge in [0.05, 0.1) is 11.6 Å². The maximum atomic E-state index is 12.7. The van der Waals surface area contributed by atoms with Crippen LogP contribution < -0.4 is 5.32 Å². The lowest BCUT2D eigenvalue weighted by molar-refractivity contribution is 0.0943. The van der Waals surface area contributed by atoms with Crippen LogP contribution >= 0.6 is 11.3 Å². The van der Waals surface area contributed by atoms with Crippen molar-refractivity contribution in [1.29, 1.82) is 0 Å². The van der Waals surface area contributed by atoms with Crippen LogP contribution in [0.2, 0.25) is 0 Å². The number of aryl methyl sites for hydroxylation is 2. The van der Waals surface area contributed by atoms with E-state index < -0.39 is 0 Å². The average Bonchev–Trinajstić information content (AvgIpc) is 2.92. The van der Waals surface area contributed by atoms with Gasteiger partial charge in [0, 0.05) is 22.1 Å². The second kappa shape index (κ2) is 6.75. The molecule has 1 unspecified atom stereocenters. The number of pyridine rings is 1. The summed E-state index contributed by atoms with van der Waals surface area (Å²) in [6.45, 7) is 4.00. The van der Waals surface area contributed by atoms with Gasteiger partial charge in [0.25, 0.3) is 5.91 Å². The number of hydrogen-bond donors (Lipinski definition) is 1. The molecule has 1 N–H and O–H groups in total. The predicted octanol–water partition coefficient (Wildman–Crippen LogP) is 4.28. The third kappa shape index (κ3) is 3.48. The number of carbonyl (C=O) groups excluding carboxylic acids is 1. The van der Waals surface area contributed by atoms with Crippen LogP contribution in [0.1, 0.15) is 37.3 Å². The van der Waals surface area contributed by atoms with Crippen LogP contribution in [-0.4, -0.2) is 10.9 Å². The number of hydrogen-bond acceptors (Lipinski definition) is 3. The van der Waals surface area contributed by atoms with Crippen LogP contribution in [0.5, 0.6) is 0 Å². The number of rotatable bonds is 4. The van der Waals surface area contributed by atoms with Gasteiger partial charge in [-0.15, -0.1) is 11.3 Å². The fourth-order valence-electron chi connectivity index (χ4n) is 2.63. The second-order valence-electron chi connectivity index (χ2n) is 5.42. The molecule has 23 heavy (non-hydrogen) atoms. The van der Waals surface area contributed by atoms with E-state index in [0.717, 1.165) is 26.4 Å². The van der Waals surface area contributed by atoms with E-state index in [1.54, 1.807) is 23.7 Å². The fraction of sp³-hybridized carbons (Fsp3) is 0.158. The molecule has 0 saturated heterocycles. The Morgan fingerprint density at radius 2 is 1.70 bits per heavy atom. The van der Waals surface area contributed by atoms with Crippen molar-refractivity contribution in [3.05, 3.63) is 87.4 Å². The molecule has 1 atom stereocenters. The molecule has 0 aliphatic carbocycles. The molecule has 116 valence electrons. The van der Waals surface area contributed by atoms with Crippen LogP contribution in [-0.2, 0) is 0 Å². The van der Waals surface area contributed by atoms with Crippen molar-refractivity contribution in [2.24, 2.45) is 0 Å². The zero-order valence-corrected chi connectivity index (χ0v) is 13.9. The van der Waals surface area contributed by atoms with Crippen molar-refractivity contribution < 1.29 is 4.79 Å². The molecule has 0 bridgehead atoms. The monoisotopic (exact) mass is 322 g/mol. The summed E-state index contributed by atoms with van der Waals surface area (Å²) in [6, 6.07) is 15.6. The highest BCUT2D eigenvalue weighted by molar-refractivity contribution is 7.12. The van der Waals surface area contributed by atoms with Gasteiger partial charge in [-0.25, -0.2) is 0 Å². The van der Waals surface area contributed by atoms with Crippen LogP contribution in [0.25, 0.3) is 0 Å². The van der Waals surface area contributed by atoms with Gasteiger partial charge in [-0.3, -0.25) is 9.78 Å². The molecular formula is C19H18N2OS. The van der Waals surface area contributed by atoms with Gasteiger partial charge in [-0.1, -0.05) is 30.3 Å². The minimum atomic E-state index is -0.189. The van der Waals surface area contributed by atoms with Crippen molar-refractivity contribution in [1.82, 2.24) is 10.3 Å². The summed E-state index contributed by atoms with van der Waals surface area (Å²) in [5.74, 6) is -0.0440. The van der Waals surface area contributed by atoms with Crippen LogP contribution in [0.3, 0.4) is 0 Å². The highest BCUT2D eigenvalue weighted by Crippen LogP contribution is 2.24. The largest absolute Gasteiger partial charge is 0.341 e. The maximum absolute atomic E-state index is 12.7. The molecule has 3 rings (SSSR count). The highest BCUT2D eigenvalue weighted by Gasteiger charge is 2.19. The van der Waals surface area contributed by atoms with Gasteiger partial charge in [0.1, 0.15) is 0 Å². The van der Waals surface area contributed by atoms with Gasteiger partial charge in [-0.05, 0) is 43.2 Å². The third-order valence-electron chi connectivity index (χ3n) is 3.73. The van der Waals surface area contributed by atoms with Gasteiger partial charge in [-0.2, -0.15) is 0 Å². The van der Waals surface area contributed by atoms with Gasteiger partial charge >= 0.3 is 0 Å². The predicted molar refractivity (Wildman–Crippen MR) is 93.8 cm³/mol. The summed E-state index contributed by atoms with van der Waals surface area (Å²) < 4.78 is 0. The van der Waals surface area contributed by atoms with Crippen molar-refractivity contribution in [2.75, 3.05) is 0 Å². The van der Waals surface area contributed by atoms with E-state index >= 15 is 0 Å². The molecule has 1 aromatic carbocycles. The highest BCUT2D eigenvalue weighted by atomic mass is 32.1. The Morgan fingerprint density at radius 3 is 2.30 bits per heavy atom. The standard InChI is InChI=1S/C19H18N2OS/c1-13-12-17(14(2)23-13)19(22)21-18(15-6-4-3-5-7-15)16-8-10-20-11-9-16/h3-12,18H,1-2H3,(H,21,22). The number of nitrogens with one attached hydrogen (secondary N) is 1. The summed E-state index contributed by atoms with van der Waals surface area (Å²) in [5.41, 5.74) is 2.82. The Kier molecular flexibility index (Phi) is 4.53. The number of carbonyl (C=O) groups is 1. The topological polar surface area (TPSA) is 42.0 Å². The molecule has 0 saturated carbocycles. The van der Waals surface area contributed by atoms with Crippen molar-refractivity contribution in [2.45, 2.75) is 19.9 Å². The molecule has 0 radical (unpaired) electrons. The lowest BCUT2D eigenvalue weighted by Gasteiger charge is -2.19. The minimum absolute atomic E-state index is 0.0440. The number of amides is 1. The van der Waals surface area contributed by atoms with Gasteiger partial charge in [0.15, 0.2) is 0 Å². The molecule has 4 heteroatoms. The first-order valence-corrected chi connectivity index (χ1v) is 8.29. The lowest BCUT2D eigenvalue weighted by Crippen LogP contribution is -2.29. The first kappa shape index (κ1) is 15.4. The Labute approximate surface area is 140 Å². The SMILES string of the molecule is Cc1cc(C(=O)NC(c2ccccc2)c2ccncc2)c(C)s1. The molecule has 2 heterocycles. The van der Waals surface area contributed by atoms with Crippen LogP contribution in [0.15, 0.2) is 60.9 Å². The first-order valence-electron chi connectivity index (χ1n) is 7.48. The van der Waals surface area contributed by atoms with Gasteiger partial charge in [0.2, 0.25) is 0 Å². The Hall–Kier alpha value is -2.46. The molecule has 3 aromatic rings. The lowest BCUT2D eigenvalue weighted by atomic mass is 9.99. The Morgan fingerprint density at radius 1 is 1.04 bits per heavy atom. The third-order valence-corrected chi connectivity index (χ3v) is 4.70. The van der Waals surface area contributed by atoms with E-state index in [-0.39, 0.29) is 11.9 Å². The summed E-state index contributed by atoms with van der Waals surface area (Å²) in [4.78, 5) is 19.0. The van der Waals surface area contributed by atoms with Crippen LogP contribution in [0, 0.1) is 13.8 Å². The molecule has 0 fully saturated rings. The molecule has 3 nitrogen and oxygen atoms in total. The normalized spacial score (nSPS) is 11.9. The second-order valence-corrected chi connectivity index (χ2v) is 6.89. The number of aromatic nitrogens is 1. The number of nitrogens with zero attached hydrogens (tertiary/aromatic N) is 1. The molecule has 0 spiro atoms. The fourth-order valence-corrected chi connectivity index (χ4v) is 3.55. The maximum Gasteiger partial charge on any atom is 0.253 e. The van der Waals surface area contributed by atoms with E-state index in [1.807, 2.05) is 62.4 Å². The summed E-state index contributed by atoms with van der Waals surface area (Å²) in [7, 11) is 0. The van der Waals surface area contributed by atoms with E-state index in [0.29, 0.717) is 0 Å². The zero-order chi connectivity index (χ0) is 16.2. The Bertz CT molecular complexity index is 757. The summed E-state index contributed by atoms with van der Waals surface area (Å²) in [6.07, 6.45) is 3.49. The first-order chi connectivity index (χ1) is 11.1. The van der Waals surface area contributed by atoms with E-state index in [1.165, 1.54) is 0 Å². The van der Waals surface area contributed by atoms with E-state index in [9.17, 15) is 4.79 Å². The quantitative estimate of drug-likeness (QED) is 0.779.